The number of amides is 1. The number of rotatable bonds is 8. The van der Waals surface area contributed by atoms with Crippen molar-refractivity contribution in [2.75, 3.05) is 5.75 Å². The fourth-order valence-corrected chi connectivity index (χ4v) is 3.10. The van der Waals surface area contributed by atoms with E-state index in [2.05, 4.69) is 15.3 Å². The van der Waals surface area contributed by atoms with Crippen molar-refractivity contribution in [3.8, 4) is 0 Å². The van der Waals surface area contributed by atoms with Gasteiger partial charge in [0.25, 0.3) is 5.56 Å². The SMILES string of the molecule is CC(C)C(NC(=O)CCSCc1nc2ccccc2c(=O)[nH]1)C(=O)O. The number of carbonyl (C=O) groups is 2. The molecule has 1 heterocycles. The lowest BCUT2D eigenvalue weighted by Crippen LogP contribution is -2.44. The maximum atomic E-state index is 12.0. The van der Waals surface area contributed by atoms with E-state index in [9.17, 15) is 14.4 Å². The molecule has 134 valence electrons. The Hall–Kier alpha value is -2.35. The lowest BCUT2D eigenvalue weighted by atomic mass is 10.0. The summed E-state index contributed by atoms with van der Waals surface area (Å²) in [6.07, 6.45) is 0.207. The van der Waals surface area contributed by atoms with Crippen molar-refractivity contribution in [3.63, 3.8) is 0 Å². The van der Waals surface area contributed by atoms with Crippen LogP contribution in [0.4, 0.5) is 0 Å². The molecule has 0 aliphatic carbocycles. The smallest absolute Gasteiger partial charge is 0.326 e. The number of hydrogen-bond acceptors (Lipinski definition) is 5. The molecule has 0 fully saturated rings. The molecule has 0 radical (unpaired) electrons. The molecule has 0 aliphatic rings. The molecule has 0 bridgehead atoms. The molecule has 0 aliphatic heterocycles. The number of nitrogens with zero attached hydrogens (tertiary/aromatic N) is 1. The van der Waals surface area contributed by atoms with Crippen LogP contribution in [0.2, 0.25) is 0 Å². The molecule has 8 heteroatoms. The van der Waals surface area contributed by atoms with Crippen molar-refractivity contribution in [3.05, 3.63) is 40.4 Å². The number of carboxylic acids is 1. The number of nitrogens with one attached hydrogen (secondary N) is 2. The topological polar surface area (TPSA) is 112 Å². The number of hydrogen-bond donors (Lipinski definition) is 3. The molecule has 1 unspecified atom stereocenters. The van der Waals surface area contributed by atoms with Gasteiger partial charge in [-0.15, -0.1) is 0 Å². The predicted octanol–water partition coefficient (Wildman–Crippen LogP) is 1.77. The first kappa shape index (κ1) is 19.0. The van der Waals surface area contributed by atoms with E-state index in [1.54, 1.807) is 32.0 Å². The van der Waals surface area contributed by atoms with Crippen LogP contribution in [-0.4, -0.2) is 38.7 Å². The highest BCUT2D eigenvalue weighted by molar-refractivity contribution is 7.98. The molecule has 1 atom stereocenters. The molecule has 25 heavy (non-hydrogen) atoms. The van der Waals surface area contributed by atoms with Gasteiger partial charge in [0.05, 0.1) is 16.7 Å². The third-order valence-electron chi connectivity index (χ3n) is 3.62. The summed E-state index contributed by atoms with van der Waals surface area (Å²) >= 11 is 1.45. The van der Waals surface area contributed by atoms with Crippen LogP contribution in [0.1, 0.15) is 26.1 Å². The highest BCUT2D eigenvalue weighted by Crippen LogP contribution is 2.12. The first-order valence-electron chi connectivity index (χ1n) is 7.96. The molecular formula is C17H21N3O4S. The molecule has 1 aromatic carbocycles. The second-order valence-corrected chi connectivity index (χ2v) is 7.06. The molecule has 2 aromatic rings. The average molecular weight is 363 g/mol. The quantitative estimate of drug-likeness (QED) is 0.616. The third kappa shape index (κ3) is 5.32. The van der Waals surface area contributed by atoms with Gasteiger partial charge < -0.3 is 15.4 Å². The van der Waals surface area contributed by atoms with Gasteiger partial charge >= 0.3 is 5.97 Å². The summed E-state index contributed by atoms with van der Waals surface area (Å²) < 4.78 is 0. The molecular weight excluding hydrogens is 342 g/mol. The van der Waals surface area contributed by atoms with Crippen molar-refractivity contribution in [1.29, 1.82) is 0 Å². The van der Waals surface area contributed by atoms with E-state index in [1.165, 1.54) is 11.8 Å². The maximum Gasteiger partial charge on any atom is 0.326 e. The van der Waals surface area contributed by atoms with Crippen LogP contribution in [-0.2, 0) is 15.3 Å². The third-order valence-corrected chi connectivity index (χ3v) is 4.59. The predicted molar refractivity (Wildman–Crippen MR) is 97.5 cm³/mol. The van der Waals surface area contributed by atoms with E-state index >= 15 is 0 Å². The number of aliphatic carboxylic acids is 1. The van der Waals surface area contributed by atoms with Gasteiger partial charge in [-0.05, 0) is 18.1 Å². The second-order valence-electron chi connectivity index (χ2n) is 5.96. The van der Waals surface area contributed by atoms with Gasteiger partial charge in [-0.1, -0.05) is 26.0 Å². The van der Waals surface area contributed by atoms with E-state index in [1.807, 2.05) is 6.07 Å². The van der Waals surface area contributed by atoms with Crippen molar-refractivity contribution in [1.82, 2.24) is 15.3 Å². The number of thioether (sulfide) groups is 1. The fraction of sp³-hybridized carbons (Fsp3) is 0.412. The number of benzene rings is 1. The van der Waals surface area contributed by atoms with Crippen LogP contribution < -0.4 is 10.9 Å². The van der Waals surface area contributed by atoms with Crippen LogP contribution >= 0.6 is 11.8 Å². The Labute approximate surface area is 149 Å². The van der Waals surface area contributed by atoms with Gasteiger partial charge in [0.1, 0.15) is 11.9 Å². The van der Waals surface area contributed by atoms with Crippen LogP contribution in [0.25, 0.3) is 10.9 Å². The molecule has 0 saturated carbocycles. The van der Waals surface area contributed by atoms with Gasteiger partial charge in [0, 0.05) is 12.2 Å². The van der Waals surface area contributed by atoms with Gasteiger partial charge in [0.15, 0.2) is 0 Å². The zero-order valence-corrected chi connectivity index (χ0v) is 14.9. The second kappa shape index (κ2) is 8.66. The van der Waals surface area contributed by atoms with Gasteiger partial charge in [-0.25, -0.2) is 9.78 Å². The van der Waals surface area contributed by atoms with E-state index < -0.39 is 12.0 Å². The number of H-pyrrole nitrogens is 1. The minimum absolute atomic E-state index is 0.180. The molecule has 7 nitrogen and oxygen atoms in total. The maximum absolute atomic E-state index is 12.0. The Morgan fingerprint density at radius 3 is 2.72 bits per heavy atom. The number of aromatic nitrogens is 2. The van der Waals surface area contributed by atoms with Crippen LogP contribution in [0, 0.1) is 5.92 Å². The first-order chi connectivity index (χ1) is 11.9. The Morgan fingerprint density at radius 1 is 1.32 bits per heavy atom. The van der Waals surface area contributed by atoms with Crippen LogP contribution in [0.5, 0.6) is 0 Å². The molecule has 1 amide bonds. The number of para-hydroxylation sites is 1. The van der Waals surface area contributed by atoms with E-state index in [4.69, 9.17) is 5.11 Å². The van der Waals surface area contributed by atoms with E-state index in [-0.39, 0.29) is 23.8 Å². The van der Waals surface area contributed by atoms with Gasteiger partial charge in [0.2, 0.25) is 5.91 Å². The Morgan fingerprint density at radius 2 is 2.04 bits per heavy atom. The summed E-state index contributed by atoms with van der Waals surface area (Å²) in [7, 11) is 0. The summed E-state index contributed by atoms with van der Waals surface area (Å²) in [6, 6.07) is 6.23. The zero-order valence-electron chi connectivity index (χ0n) is 14.1. The lowest BCUT2D eigenvalue weighted by Gasteiger charge is -2.17. The van der Waals surface area contributed by atoms with Crippen LogP contribution in [0.15, 0.2) is 29.1 Å². The monoisotopic (exact) mass is 363 g/mol. The normalized spacial score (nSPS) is 12.3. The van der Waals surface area contributed by atoms with Crippen LogP contribution in [0.3, 0.4) is 0 Å². The van der Waals surface area contributed by atoms with Crippen molar-refractivity contribution in [2.24, 2.45) is 5.92 Å². The van der Waals surface area contributed by atoms with Crippen molar-refractivity contribution in [2.45, 2.75) is 32.1 Å². The number of fused-ring (bicyclic) bond motifs is 1. The van der Waals surface area contributed by atoms with Crippen molar-refractivity contribution < 1.29 is 14.7 Å². The standard InChI is InChI=1S/C17H21N3O4S/c1-10(2)15(17(23)24)20-14(21)7-8-25-9-13-18-12-6-4-3-5-11(12)16(22)19-13/h3-6,10,15H,7-9H2,1-2H3,(H,20,21)(H,23,24)(H,18,19,22). The molecule has 1 aromatic heterocycles. The fourth-order valence-electron chi connectivity index (χ4n) is 2.30. The van der Waals surface area contributed by atoms with E-state index in [0.717, 1.165) is 0 Å². The summed E-state index contributed by atoms with van der Waals surface area (Å²) in [6.45, 7) is 3.49. The molecule has 2 rings (SSSR count). The van der Waals surface area contributed by atoms with E-state index in [0.29, 0.717) is 28.2 Å². The molecule has 0 spiro atoms. The number of aromatic amines is 1. The van der Waals surface area contributed by atoms with Gasteiger partial charge in [-0.2, -0.15) is 11.8 Å². The van der Waals surface area contributed by atoms with Crippen molar-refractivity contribution >= 4 is 34.5 Å². The highest BCUT2D eigenvalue weighted by atomic mass is 32.2. The Balaban J connectivity index is 1.84. The van der Waals surface area contributed by atoms with Gasteiger partial charge in [-0.3, -0.25) is 9.59 Å². The summed E-state index contributed by atoms with van der Waals surface area (Å²) in [4.78, 5) is 42.0. The number of carboxylic acid groups (broad SMARTS) is 1. The largest absolute Gasteiger partial charge is 0.480 e. The molecule has 0 saturated heterocycles. The summed E-state index contributed by atoms with van der Waals surface area (Å²) in [5.74, 6) is 0.0235. The summed E-state index contributed by atoms with van der Waals surface area (Å²) in [5.41, 5.74) is 0.459. The highest BCUT2D eigenvalue weighted by Gasteiger charge is 2.22. The summed E-state index contributed by atoms with van der Waals surface area (Å²) in [5, 5.41) is 12.1. The minimum Gasteiger partial charge on any atom is -0.480 e. The Kier molecular flexibility index (Phi) is 6.58. The molecule has 3 N–H and O–H groups in total. The Bertz CT molecular complexity index is 819. The minimum atomic E-state index is -1.03. The zero-order chi connectivity index (χ0) is 18.4. The first-order valence-corrected chi connectivity index (χ1v) is 9.12. The number of carbonyl (C=O) groups excluding carboxylic acids is 1. The average Bonchev–Trinajstić information content (AvgIpc) is 2.56. The lowest BCUT2D eigenvalue weighted by molar-refractivity contribution is -0.143.